The van der Waals surface area contributed by atoms with Crippen LogP contribution in [0.3, 0.4) is 0 Å². The van der Waals surface area contributed by atoms with Crippen LogP contribution in [0, 0.1) is 13.8 Å². The minimum Gasteiger partial charge on any atom is -0.496 e. The normalized spacial score (nSPS) is 10.3. The van der Waals surface area contributed by atoms with Gasteiger partial charge in [0.25, 0.3) is 0 Å². The summed E-state index contributed by atoms with van der Waals surface area (Å²) in [5.41, 5.74) is 9.75. The lowest BCUT2D eigenvalue weighted by Crippen LogP contribution is -2.01. The van der Waals surface area contributed by atoms with Crippen LogP contribution >= 0.6 is 0 Å². The summed E-state index contributed by atoms with van der Waals surface area (Å²) >= 11 is 0. The van der Waals surface area contributed by atoms with E-state index in [-0.39, 0.29) is 0 Å². The smallest absolute Gasteiger partial charge is 0.125 e. The Morgan fingerprint density at radius 3 is 2.53 bits per heavy atom. The van der Waals surface area contributed by atoms with Gasteiger partial charge in [-0.1, -0.05) is 12.1 Å². The molecule has 0 aromatic heterocycles. The Morgan fingerprint density at radius 1 is 1.00 bits per heavy atom. The lowest BCUT2D eigenvalue weighted by Gasteiger charge is -2.13. The highest BCUT2D eigenvalue weighted by molar-refractivity contribution is 5.48. The van der Waals surface area contributed by atoms with Crippen LogP contribution in [0.4, 0.5) is 5.69 Å². The fourth-order valence-electron chi connectivity index (χ4n) is 1.93. The van der Waals surface area contributed by atoms with Gasteiger partial charge in [0, 0.05) is 11.3 Å². The Morgan fingerprint density at radius 2 is 1.79 bits per heavy atom. The molecule has 0 unspecified atom stereocenters. The molecule has 0 aliphatic heterocycles. The van der Waals surface area contributed by atoms with E-state index in [1.54, 1.807) is 7.11 Å². The minimum absolute atomic E-state index is 0.443. The van der Waals surface area contributed by atoms with Crippen molar-refractivity contribution in [2.45, 2.75) is 20.5 Å². The van der Waals surface area contributed by atoms with Gasteiger partial charge in [0.1, 0.15) is 18.1 Å². The van der Waals surface area contributed by atoms with E-state index in [2.05, 4.69) is 12.1 Å². The molecule has 2 N–H and O–H groups in total. The van der Waals surface area contributed by atoms with Crippen molar-refractivity contribution in [2.75, 3.05) is 12.8 Å². The summed E-state index contributed by atoms with van der Waals surface area (Å²) in [5.74, 6) is 1.68. The van der Waals surface area contributed by atoms with E-state index in [1.165, 1.54) is 5.56 Å². The van der Waals surface area contributed by atoms with E-state index in [0.717, 1.165) is 22.6 Å². The largest absolute Gasteiger partial charge is 0.496 e. The molecule has 3 nitrogen and oxygen atoms in total. The van der Waals surface area contributed by atoms with Crippen molar-refractivity contribution < 1.29 is 9.47 Å². The van der Waals surface area contributed by atoms with Crippen molar-refractivity contribution in [3.05, 3.63) is 53.1 Å². The molecule has 3 heteroatoms. The van der Waals surface area contributed by atoms with Crippen LogP contribution in [0.15, 0.2) is 36.4 Å². The molecule has 0 heterocycles. The van der Waals surface area contributed by atoms with E-state index in [1.807, 2.05) is 38.1 Å². The predicted molar refractivity (Wildman–Crippen MR) is 77.7 cm³/mol. The third-order valence-corrected chi connectivity index (χ3v) is 3.03. The van der Waals surface area contributed by atoms with Crippen molar-refractivity contribution in [2.24, 2.45) is 0 Å². The summed E-state index contributed by atoms with van der Waals surface area (Å²) in [6, 6.07) is 11.7. The Labute approximate surface area is 114 Å². The average molecular weight is 257 g/mol. The molecule has 0 saturated carbocycles. The van der Waals surface area contributed by atoms with Crippen LogP contribution in [-0.4, -0.2) is 7.11 Å². The Balaban J connectivity index is 2.18. The molecule has 2 aromatic carbocycles. The van der Waals surface area contributed by atoms with Gasteiger partial charge in [-0.2, -0.15) is 0 Å². The maximum atomic E-state index is 5.87. The molecule has 0 fully saturated rings. The highest BCUT2D eigenvalue weighted by Gasteiger charge is 2.06. The van der Waals surface area contributed by atoms with E-state index in [0.29, 0.717) is 12.3 Å². The second-order valence-electron chi connectivity index (χ2n) is 4.63. The van der Waals surface area contributed by atoms with Crippen molar-refractivity contribution in [1.29, 1.82) is 0 Å². The summed E-state index contributed by atoms with van der Waals surface area (Å²) < 4.78 is 11.2. The lowest BCUT2D eigenvalue weighted by atomic mass is 10.1. The molecule has 0 saturated heterocycles. The summed E-state index contributed by atoms with van der Waals surface area (Å²) in [7, 11) is 1.65. The zero-order chi connectivity index (χ0) is 13.8. The molecule has 19 heavy (non-hydrogen) atoms. The van der Waals surface area contributed by atoms with E-state index >= 15 is 0 Å². The first-order valence-electron chi connectivity index (χ1n) is 6.22. The second-order valence-corrected chi connectivity index (χ2v) is 4.63. The number of hydrogen-bond donors (Lipinski definition) is 1. The summed E-state index contributed by atoms with van der Waals surface area (Å²) in [5, 5.41) is 0. The number of anilines is 1. The summed E-state index contributed by atoms with van der Waals surface area (Å²) in [6.07, 6.45) is 0. The Kier molecular flexibility index (Phi) is 3.95. The lowest BCUT2D eigenvalue weighted by molar-refractivity contribution is 0.294. The van der Waals surface area contributed by atoms with Crippen molar-refractivity contribution in [1.82, 2.24) is 0 Å². The van der Waals surface area contributed by atoms with E-state index in [4.69, 9.17) is 15.2 Å². The van der Waals surface area contributed by atoms with Gasteiger partial charge in [-0.15, -0.1) is 0 Å². The fraction of sp³-hybridized carbons (Fsp3) is 0.250. The van der Waals surface area contributed by atoms with Crippen LogP contribution in [0.5, 0.6) is 11.5 Å². The molecular weight excluding hydrogens is 238 g/mol. The first kappa shape index (κ1) is 13.3. The third-order valence-electron chi connectivity index (χ3n) is 3.03. The van der Waals surface area contributed by atoms with Crippen molar-refractivity contribution in [3.63, 3.8) is 0 Å². The highest BCUT2D eigenvalue weighted by Crippen LogP contribution is 2.25. The van der Waals surface area contributed by atoms with Gasteiger partial charge in [0.05, 0.1) is 7.11 Å². The molecule has 100 valence electrons. The van der Waals surface area contributed by atoms with E-state index < -0.39 is 0 Å². The zero-order valence-corrected chi connectivity index (χ0v) is 11.6. The zero-order valence-electron chi connectivity index (χ0n) is 11.6. The number of nitrogens with two attached hydrogens (primary N) is 1. The van der Waals surface area contributed by atoms with E-state index in [9.17, 15) is 0 Å². The van der Waals surface area contributed by atoms with Gasteiger partial charge in [-0.25, -0.2) is 0 Å². The van der Waals surface area contributed by atoms with Gasteiger partial charge >= 0.3 is 0 Å². The van der Waals surface area contributed by atoms with Crippen LogP contribution < -0.4 is 15.2 Å². The number of ether oxygens (including phenoxy) is 2. The molecule has 0 amide bonds. The van der Waals surface area contributed by atoms with Crippen molar-refractivity contribution >= 4 is 5.69 Å². The molecular formula is C16H19NO2. The first-order valence-corrected chi connectivity index (χ1v) is 6.22. The average Bonchev–Trinajstić information content (AvgIpc) is 2.40. The topological polar surface area (TPSA) is 44.5 Å². The maximum absolute atomic E-state index is 5.87. The van der Waals surface area contributed by atoms with Crippen LogP contribution in [0.2, 0.25) is 0 Å². The molecule has 0 radical (unpaired) electrons. The van der Waals surface area contributed by atoms with Gasteiger partial charge < -0.3 is 15.2 Å². The number of rotatable bonds is 4. The quantitative estimate of drug-likeness (QED) is 0.853. The van der Waals surface area contributed by atoms with Crippen LogP contribution in [0.1, 0.15) is 16.7 Å². The molecule has 0 aliphatic rings. The minimum atomic E-state index is 0.443. The maximum Gasteiger partial charge on any atom is 0.125 e. The molecule has 0 atom stereocenters. The van der Waals surface area contributed by atoms with Crippen LogP contribution in [-0.2, 0) is 6.61 Å². The number of aryl methyl sites for hydroxylation is 2. The molecule has 0 spiro atoms. The van der Waals surface area contributed by atoms with Crippen LogP contribution in [0.25, 0.3) is 0 Å². The molecule has 2 aromatic rings. The number of methoxy groups -OCH3 is 1. The number of nitrogen functional groups attached to an aromatic ring is 1. The van der Waals surface area contributed by atoms with Crippen molar-refractivity contribution in [3.8, 4) is 11.5 Å². The Bertz CT molecular complexity index is 579. The van der Waals surface area contributed by atoms with Gasteiger partial charge in [-0.3, -0.25) is 0 Å². The molecule has 0 aliphatic carbocycles. The molecule has 2 rings (SSSR count). The summed E-state index contributed by atoms with van der Waals surface area (Å²) in [6.45, 7) is 4.53. The third kappa shape index (κ3) is 3.19. The monoisotopic (exact) mass is 257 g/mol. The number of benzene rings is 2. The predicted octanol–water partition coefficient (Wildman–Crippen LogP) is 3.47. The second kappa shape index (κ2) is 5.65. The molecule has 0 bridgehead atoms. The fourth-order valence-corrected chi connectivity index (χ4v) is 1.93. The SMILES string of the molecule is COc1ccc(N)cc1COc1cc(C)ccc1C. The van der Waals surface area contributed by atoms with Gasteiger partial charge in [0.15, 0.2) is 0 Å². The number of hydrogen-bond acceptors (Lipinski definition) is 3. The standard InChI is InChI=1S/C16H19NO2/c1-11-4-5-12(2)16(8-11)19-10-13-9-14(17)6-7-15(13)18-3/h4-9H,10,17H2,1-3H3. The summed E-state index contributed by atoms with van der Waals surface area (Å²) in [4.78, 5) is 0. The Hall–Kier alpha value is -2.16. The van der Waals surface area contributed by atoms with Gasteiger partial charge in [-0.05, 0) is 49.2 Å². The highest BCUT2D eigenvalue weighted by atomic mass is 16.5. The first-order chi connectivity index (χ1) is 9.10. The van der Waals surface area contributed by atoms with Gasteiger partial charge in [0.2, 0.25) is 0 Å².